The minimum Gasteiger partial charge on any atom is -0.309 e. The number of rotatable bonds is 3. The van der Waals surface area contributed by atoms with E-state index < -0.39 is 5.41 Å². The molecule has 0 N–H and O–H groups in total. The molecule has 3 nitrogen and oxygen atoms in total. The molecule has 0 aliphatic heterocycles. The van der Waals surface area contributed by atoms with Crippen LogP contribution >= 0.6 is 0 Å². The summed E-state index contributed by atoms with van der Waals surface area (Å²) in [6.07, 6.45) is 0. The van der Waals surface area contributed by atoms with E-state index in [0.29, 0.717) is 0 Å². The van der Waals surface area contributed by atoms with Gasteiger partial charge >= 0.3 is 0 Å². The van der Waals surface area contributed by atoms with Gasteiger partial charge in [0, 0.05) is 38.7 Å². The lowest BCUT2D eigenvalue weighted by Gasteiger charge is -2.31. The van der Waals surface area contributed by atoms with Crippen molar-refractivity contribution in [3.05, 3.63) is 198 Å². The molecule has 0 radical (unpaired) electrons. The van der Waals surface area contributed by atoms with Gasteiger partial charge in [0.15, 0.2) is 5.82 Å². The Morgan fingerprint density at radius 2 is 0.860 bits per heavy atom. The molecule has 9 aromatic rings. The van der Waals surface area contributed by atoms with Gasteiger partial charge in [-0.05, 0) is 52.1 Å². The molecule has 0 saturated heterocycles. The van der Waals surface area contributed by atoms with Crippen molar-refractivity contribution < 1.29 is 0 Å². The number of fused-ring (bicyclic) bond motifs is 13. The minimum atomic E-state index is -0.546. The summed E-state index contributed by atoms with van der Waals surface area (Å²) in [6, 6.07) is 63.3. The Labute approximate surface area is 289 Å². The second kappa shape index (κ2) is 10.2. The van der Waals surface area contributed by atoms with E-state index in [9.17, 15) is 0 Å². The van der Waals surface area contributed by atoms with Gasteiger partial charge in [-0.3, -0.25) is 0 Å². The molecule has 0 unspecified atom stereocenters. The van der Waals surface area contributed by atoms with Crippen LogP contribution in [-0.4, -0.2) is 14.5 Å². The fourth-order valence-electron chi connectivity index (χ4n) is 8.85. The lowest BCUT2D eigenvalue weighted by Crippen LogP contribution is -2.27. The Bertz CT molecular complexity index is 2710. The predicted octanol–water partition coefficient (Wildman–Crippen LogP) is 11.3. The number of hydrogen-bond donors (Lipinski definition) is 0. The molecule has 0 bridgehead atoms. The van der Waals surface area contributed by atoms with E-state index in [1.807, 2.05) is 6.07 Å². The molecule has 11 rings (SSSR count). The lowest BCUT2D eigenvalue weighted by atomic mass is 9.69. The highest BCUT2D eigenvalue weighted by molar-refractivity contribution is 6.09. The molecule has 7 aromatic carbocycles. The van der Waals surface area contributed by atoms with Crippen molar-refractivity contribution in [1.29, 1.82) is 0 Å². The lowest BCUT2D eigenvalue weighted by molar-refractivity contribution is 0.788. The van der Waals surface area contributed by atoms with Crippen molar-refractivity contribution in [2.24, 2.45) is 0 Å². The van der Waals surface area contributed by atoms with Crippen LogP contribution < -0.4 is 0 Å². The van der Waals surface area contributed by atoms with E-state index in [-0.39, 0.29) is 0 Å². The summed E-state index contributed by atoms with van der Waals surface area (Å²) in [5.74, 6) is 0.734. The molecule has 3 heteroatoms. The molecule has 232 valence electrons. The molecular weight excluding hydrogens is 607 g/mol. The van der Waals surface area contributed by atoms with Gasteiger partial charge in [-0.15, -0.1) is 0 Å². The summed E-state index contributed by atoms with van der Waals surface area (Å²) >= 11 is 0. The Morgan fingerprint density at radius 3 is 1.48 bits per heavy atom. The number of nitrogens with zero attached hydrogens (tertiary/aromatic N) is 3. The predicted molar refractivity (Wildman–Crippen MR) is 204 cm³/mol. The first kappa shape index (κ1) is 27.4. The second-order valence-electron chi connectivity index (χ2n) is 13.3. The van der Waals surface area contributed by atoms with Crippen molar-refractivity contribution in [1.82, 2.24) is 14.5 Å². The van der Waals surface area contributed by atoms with Crippen molar-refractivity contribution in [2.45, 2.75) is 5.41 Å². The first-order chi connectivity index (χ1) is 24.8. The van der Waals surface area contributed by atoms with Crippen molar-refractivity contribution in [3.63, 3.8) is 0 Å². The number of para-hydroxylation sites is 2. The van der Waals surface area contributed by atoms with Crippen LogP contribution in [0.4, 0.5) is 0 Å². The summed E-state index contributed by atoms with van der Waals surface area (Å²) in [7, 11) is 0. The summed E-state index contributed by atoms with van der Waals surface area (Å²) in [5.41, 5.74) is 15.7. The van der Waals surface area contributed by atoms with E-state index in [2.05, 4.69) is 174 Å². The van der Waals surface area contributed by atoms with Crippen LogP contribution in [0.2, 0.25) is 0 Å². The van der Waals surface area contributed by atoms with Gasteiger partial charge in [-0.2, -0.15) is 0 Å². The normalized spacial score (nSPS) is 13.4. The molecular formula is C47H29N3. The van der Waals surface area contributed by atoms with Crippen molar-refractivity contribution in [3.8, 4) is 50.7 Å². The molecule has 1 spiro atoms. The molecule has 2 heterocycles. The fraction of sp³-hybridized carbons (Fsp3) is 0.0213. The third kappa shape index (κ3) is 3.53. The Kier molecular flexibility index (Phi) is 5.59. The van der Waals surface area contributed by atoms with Crippen molar-refractivity contribution >= 4 is 21.8 Å². The molecule has 0 atom stereocenters. The van der Waals surface area contributed by atoms with Gasteiger partial charge in [0.25, 0.3) is 0 Å². The average molecular weight is 636 g/mol. The largest absolute Gasteiger partial charge is 0.309 e. The fourth-order valence-corrected chi connectivity index (χ4v) is 8.85. The van der Waals surface area contributed by atoms with Crippen LogP contribution in [-0.2, 0) is 5.41 Å². The molecule has 0 fully saturated rings. The van der Waals surface area contributed by atoms with E-state index >= 15 is 0 Å². The Hall–Kier alpha value is -6.58. The Balaban J connectivity index is 1.22. The van der Waals surface area contributed by atoms with Crippen LogP contribution in [0.1, 0.15) is 22.3 Å². The SMILES string of the molecule is c1ccc(-c2nc(-c3ccc(-n4c5ccccc5c5ccccc54)cc3)c3c(n2)-c2ccccc2C32c3ccccc3-c3ccccc32)cc1. The number of hydrogen-bond acceptors (Lipinski definition) is 2. The van der Waals surface area contributed by atoms with Crippen LogP contribution in [0.3, 0.4) is 0 Å². The first-order valence-electron chi connectivity index (χ1n) is 17.2. The second-order valence-corrected chi connectivity index (χ2v) is 13.3. The number of benzene rings is 7. The van der Waals surface area contributed by atoms with E-state index in [1.54, 1.807) is 0 Å². The van der Waals surface area contributed by atoms with E-state index in [4.69, 9.17) is 9.97 Å². The van der Waals surface area contributed by atoms with E-state index in [1.165, 1.54) is 49.6 Å². The zero-order chi connectivity index (χ0) is 32.8. The first-order valence-corrected chi connectivity index (χ1v) is 17.2. The third-order valence-electron chi connectivity index (χ3n) is 10.8. The monoisotopic (exact) mass is 635 g/mol. The maximum Gasteiger partial charge on any atom is 0.160 e. The van der Waals surface area contributed by atoms with Crippen LogP contribution in [0, 0.1) is 0 Å². The number of aromatic nitrogens is 3. The van der Waals surface area contributed by atoms with Crippen LogP contribution in [0.5, 0.6) is 0 Å². The summed E-state index contributed by atoms with van der Waals surface area (Å²) in [5, 5.41) is 2.51. The van der Waals surface area contributed by atoms with Gasteiger partial charge in [-0.1, -0.05) is 152 Å². The van der Waals surface area contributed by atoms with Gasteiger partial charge in [0.1, 0.15) is 0 Å². The molecule has 2 aliphatic carbocycles. The van der Waals surface area contributed by atoms with E-state index in [0.717, 1.165) is 45.2 Å². The zero-order valence-corrected chi connectivity index (χ0v) is 27.1. The molecule has 0 saturated carbocycles. The summed E-state index contributed by atoms with van der Waals surface area (Å²) in [4.78, 5) is 10.9. The van der Waals surface area contributed by atoms with Gasteiger partial charge in [-0.25, -0.2) is 9.97 Å². The standard InChI is InChI=1S/C47H29N3/c1-2-14-31(15-3-1)46-48-44(30-26-28-32(29-27-30)50-41-24-12-7-18-35(41)36-19-8-13-25-42(36)50)43-45(49-46)37-20-6-11-23-40(37)47(43)38-21-9-4-16-33(38)34-17-5-10-22-39(34)47/h1-29H. The Morgan fingerprint density at radius 1 is 0.380 bits per heavy atom. The summed E-state index contributed by atoms with van der Waals surface area (Å²) < 4.78 is 2.37. The average Bonchev–Trinajstić information content (AvgIpc) is 3.80. The molecule has 2 aromatic heterocycles. The van der Waals surface area contributed by atoms with Crippen LogP contribution in [0.25, 0.3) is 72.5 Å². The highest BCUT2D eigenvalue weighted by Crippen LogP contribution is 2.64. The highest BCUT2D eigenvalue weighted by atomic mass is 15.0. The summed E-state index contributed by atoms with van der Waals surface area (Å²) in [6.45, 7) is 0. The quantitative estimate of drug-likeness (QED) is 0.193. The molecule has 0 amide bonds. The minimum absolute atomic E-state index is 0.546. The van der Waals surface area contributed by atoms with Crippen LogP contribution in [0.15, 0.2) is 176 Å². The van der Waals surface area contributed by atoms with Gasteiger partial charge in [0.2, 0.25) is 0 Å². The van der Waals surface area contributed by atoms with Crippen molar-refractivity contribution in [2.75, 3.05) is 0 Å². The maximum atomic E-state index is 5.51. The molecule has 2 aliphatic rings. The molecule has 50 heavy (non-hydrogen) atoms. The zero-order valence-electron chi connectivity index (χ0n) is 27.1. The third-order valence-corrected chi connectivity index (χ3v) is 10.8. The smallest absolute Gasteiger partial charge is 0.160 e. The van der Waals surface area contributed by atoms with Gasteiger partial charge in [0.05, 0.1) is 27.8 Å². The maximum absolute atomic E-state index is 5.51. The highest BCUT2D eigenvalue weighted by Gasteiger charge is 2.54. The topological polar surface area (TPSA) is 30.7 Å². The van der Waals surface area contributed by atoms with Gasteiger partial charge < -0.3 is 4.57 Å².